The van der Waals surface area contributed by atoms with Crippen LogP contribution in [0.15, 0.2) is 0 Å². The largest absolute Gasteiger partial charge is 0.382 e. The van der Waals surface area contributed by atoms with E-state index in [0.717, 1.165) is 19.1 Å². The zero-order valence-electron chi connectivity index (χ0n) is 7.84. The van der Waals surface area contributed by atoms with Crippen molar-refractivity contribution < 1.29 is 9.47 Å². The van der Waals surface area contributed by atoms with Gasteiger partial charge in [0.25, 0.3) is 0 Å². The molecule has 72 valence electrons. The maximum atomic E-state index is 5.38. The Kier molecular flexibility index (Phi) is 5.32. The number of methoxy groups -OCH3 is 1. The monoisotopic (exact) mass is 173 g/mol. The van der Waals surface area contributed by atoms with Crippen LogP contribution in [0.25, 0.3) is 0 Å². The first kappa shape index (κ1) is 9.96. The van der Waals surface area contributed by atoms with E-state index in [4.69, 9.17) is 9.47 Å². The van der Waals surface area contributed by atoms with Gasteiger partial charge in [0.2, 0.25) is 0 Å². The van der Waals surface area contributed by atoms with E-state index in [1.54, 1.807) is 7.11 Å². The van der Waals surface area contributed by atoms with Gasteiger partial charge < -0.3 is 14.8 Å². The Morgan fingerprint density at radius 1 is 1.33 bits per heavy atom. The van der Waals surface area contributed by atoms with Gasteiger partial charge in [-0.05, 0) is 31.8 Å². The predicted molar refractivity (Wildman–Crippen MR) is 48.3 cm³/mol. The molecular formula is C9H19NO2. The van der Waals surface area contributed by atoms with E-state index in [1.807, 2.05) is 0 Å². The summed E-state index contributed by atoms with van der Waals surface area (Å²) in [7, 11) is 1.70. The molecule has 1 N–H and O–H groups in total. The number of hydrogen-bond donors (Lipinski definition) is 1. The van der Waals surface area contributed by atoms with Gasteiger partial charge in [-0.2, -0.15) is 0 Å². The van der Waals surface area contributed by atoms with Crippen molar-refractivity contribution in [1.82, 2.24) is 5.32 Å². The normalized spacial score (nSPS) is 23.2. The number of hydrogen-bond acceptors (Lipinski definition) is 3. The fourth-order valence-electron chi connectivity index (χ4n) is 1.46. The topological polar surface area (TPSA) is 30.5 Å². The fraction of sp³-hybridized carbons (Fsp3) is 1.00. The highest BCUT2D eigenvalue weighted by Gasteiger charge is 2.13. The average Bonchev–Trinajstić information content (AvgIpc) is 2.57. The molecule has 0 spiro atoms. The first-order chi connectivity index (χ1) is 5.93. The standard InChI is InChI=1S/C9H19NO2/c1-11-6-7-12-5-3-9-2-4-10-8-9/h9-10H,2-8H2,1H3/t9-/m1/s1. The summed E-state index contributed by atoms with van der Waals surface area (Å²) >= 11 is 0. The minimum absolute atomic E-state index is 0.711. The van der Waals surface area contributed by atoms with Gasteiger partial charge in [-0.15, -0.1) is 0 Å². The van der Waals surface area contributed by atoms with Gasteiger partial charge in [0.1, 0.15) is 0 Å². The molecule has 3 heteroatoms. The lowest BCUT2D eigenvalue weighted by Gasteiger charge is -2.07. The highest BCUT2D eigenvalue weighted by molar-refractivity contribution is 4.70. The Labute approximate surface area is 74.4 Å². The molecule has 0 bridgehead atoms. The second kappa shape index (κ2) is 6.40. The van der Waals surface area contributed by atoms with Gasteiger partial charge in [0, 0.05) is 13.7 Å². The van der Waals surface area contributed by atoms with E-state index in [-0.39, 0.29) is 0 Å². The summed E-state index contributed by atoms with van der Waals surface area (Å²) in [6.07, 6.45) is 2.50. The van der Waals surface area contributed by atoms with Crippen molar-refractivity contribution >= 4 is 0 Å². The molecule has 0 amide bonds. The van der Waals surface area contributed by atoms with Crippen LogP contribution in [0.3, 0.4) is 0 Å². The summed E-state index contributed by atoms with van der Waals surface area (Å²) in [6, 6.07) is 0. The number of nitrogens with one attached hydrogen (secondary N) is 1. The van der Waals surface area contributed by atoms with E-state index in [1.165, 1.54) is 25.9 Å². The van der Waals surface area contributed by atoms with Gasteiger partial charge in [0.15, 0.2) is 0 Å². The maximum Gasteiger partial charge on any atom is 0.0700 e. The smallest absolute Gasteiger partial charge is 0.0700 e. The summed E-state index contributed by atoms with van der Waals surface area (Å²) in [5.74, 6) is 0.840. The molecule has 0 saturated carbocycles. The van der Waals surface area contributed by atoms with Crippen molar-refractivity contribution in [2.24, 2.45) is 5.92 Å². The molecule has 1 aliphatic rings. The van der Waals surface area contributed by atoms with E-state index in [9.17, 15) is 0 Å². The van der Waals surface area contributed by atoms with Crippen LogP contribution in [0.1, 0.15) is 12.8 Å². The summed E-state index contributed by atoms with van der Waals surface area (Å²) in [5, 5.41) is 3.34. The van der Waals surface area contributed by atoms with Crippen LogP contribution in [0.4, 0.5) is 0 Å². The minimum atomic E-state index is 0.711. The Bertz CT molecular complexity index is 103. The first-order valence-electron chi connectivity index (χ1n) is 4.71. The van der Waals surface area contributed by atoms with Crippen LogP contribution in [-0.2, 0) is 9.47 Å². The van der Waals surface area contributed by atoms with Crippen molar-refractivity contribution in [2.45, 2.75) is 12.8 Å². The Morgan fingerprint density at radius 2 is 2.25 bits per heavy atom. The second-order valence-corrected chi connectivity index (χ2v) is 3.25. The SMILES string of the molecule is COCCOCC[C@H]1CCNC1. The highest BCUT2D eigenvalue weighted by atomic mass is 16.5. The molecule has 1 aliphatic heterocycles. The Morgan fingerprint density at radius 3 is 2.92 bits per heavy atom. The van der Waals surface area contributed by atoms with Crippen molar-refractivity contribution in [3.8, 4) is 0 Å². The Balaban J connectivity index is 1.81. The molecule has 0 aromatic rings. The third kappa shape index (κ3) is 4.04. The molecule has 0 aliphatic carbocycles. The summed E-state index contributed by atoms with van der Waals surface area (Å²) in [5.41, 5.74) is 0. The number of ether oxygens (including phenoxy) is 2. The molecule has 0 aromatic heterocycles. The van der Waals surface area contributed by atoms with Crippen molar-refractivity contribution in [3.05, 3.63) is 0 Å². The zero-order valence-corrected chi connectivity index (χ0v) is 7.84. The van der Waals surface area contributed by atoms with Crippen molar-refractivity contribution in [3.63, 3.8) is 0 Å². The van der Waals surface area contributed by atoms with Gasteiger partial charge in [-0.3, -0.25) is 0 Å². The molecule has 3 nitrogen and oxygen atoms in total. The van der Waals surface area contributed by atoms with Crippen LogP contribution in [0.5, 0.6) is 0 Å². The van der Waals surface area contributed by atoms with Crippen molar-refractivity contribution in [2.75, 3.05) is 40.0 Å². The molecule has 0 aromatic carbocycles. The second-order valence-electron chi connectivity index (χ2n) is 3.25. The molecule has 1 atom stereocenters. The quantitative estimate of drug-likeness (QED) is 0.598. The molecule has 1 fully saturated rings. The first-order valence-corrected chi connectivity index (χ1v) is 4.71. The van der Waals surface area contributed by atoms with E-state index in [0.29, 0.717) is 6.61 Å². The van der Waals surface area contributed by atoms with E-state index < -0.39 is 0 Å². The lowest BCUT2D eigenvalue weighted by atomic mass is 10.1. The summed E-state index contributed by atoms with van der Waals surface area (Å²) < 4.78 is 10.3. The molecule has 0 unspecified atom stereocenters. The predicted octanol–water partition coefficient (Wildman–Crippen LogP) is 0.649. The fourth-order valence-corrected chi connectivity index (χ4v) is 1.46. The van der Waals surface area contributed by atoms with Gasteiger partial charge in [0.05, 0.1) is 13.2 Å². The van der Waals surface area contributed by atoms with Gasteiger partial charge in [-0.25, -0.2) is 0 Å². The van der Waals surface area contributed by atoms with Crippen LogP contribution in [0.2, 0.25) is 0 Å². The Hall–Kier alpha value is -0.120. The van der Waals surface area contributed by atoms with E-state index in [2.05, 4.69) is 5.32 Å². The third-order valence-corrected chi connectivity index (χ3v) is 2.26. The van der Waals surface area contributed by atoms with Crippen LogP contribution < -0.4 is 5.32 Å². The molecule has 12 heavy (non-hydrogen) atoms. The highest BCUT2D eigenvalue weighted by Crippen LogP contribution is 2.11. The summed E-state index contributed by atoms with van der Waals surface area (Å²) in [4.78, 5) is 0. The van der Waals surface area contributed by atoms with Crippen LogP contribution in [-0.4, -0.2) is 40.0 Å². The van der Waals surface area contributed by atoms with Crippen LogP contribution >= 0.6 is 0 Å². The van der Waals surface area contributed by atoms with Crippen molar-refractivity contribution in [1.29, 1.82) is 0 Å². The number of rotatable bonds is 6. The molecular weight excluding hydrogens is 154 g/mol. The third-order valence-electron chi connectivity index (χ3n) is 2.26. The lowest BCUT2D eigenvalue weighted by molar-refractivity contribution is 0.0646. The summed E-state index contributed by atoms with van der Waals surface area (Å²) in [6.45, 7) is 4.69. The molecule has 1 heterocycles. The average molecular weight is 173 g/mol. The van der Waals surface area contributed by atoms with Crippen LogP contribution in [0, 0.1) is 5.92 Å². The van der Waals surface area contributed by atoms with E-state index >= 15 is 0 Å². The zero-order chi connectivity index (χ0) is 8.65. The molecule has 1 rings (SSSR count). The van der Waals surface area contributed by atoms with Gasteiger partial charge >= 0.3 is 0 Å². The van der Waals surface area contributed by atoms with Gasteiger partial charge in [-0.1, -0.05) is 0 Å². The maximum absolute atomic E-state index is 5.38. The minimum Gasteiger partial charge on any atom is -0.382 e. The lowest BCUT2D eigenvalue weighted by Crippen LogP contribution is -2.11. The molecule has 1 saturated heterocycles. The molecule has 0 radical (unpaired) electrons.